The van der Waals surface area contributed by atoms with Crippen LogP contribution in [0.1, 0.15) is 29.3 Å². The van der Waals surface area contributed by atoms with Crippen molar-refractivity contribution >= 4 is 17.5 Å². The van der Waals surface area contributed by atoms with Crippen molar-refractivity contribution in [3.63, 3.8) is 0 Å². The molecule has 0 bridgehead atoms. The van der Waals surface area contributed by atoms with E-state index in [4.69, 9.17) is 21.1 Å². The van der Waals surface area contributed by atoms with Crippen molar-refractivity contribution in [3.05, 3.63) is 76.6 Å². The molecule has 7 heteroatoms. The number of carbonyl (C=O) groups is 1. The lowest BCUT2D eigenvalue weighted by atomic mass is 10.0. The molecule has 1 aromatic heterocycles. The Morgan fingerprint density at radius 2 is 2.03 bits per heavy atom. The van der Waals surface area contributed by atoms with Crippen LogP contribution in [0.25, 0.3) is 0 Å². The van der Waals surface area contributed by atoms with E-state index in [1.165, 1.54) is 0 Å². The van der Waals surface area contributed by atoms with Crippen LogP contribution in [-0.2, 0) is 17.6 Å². The Kier molecular flexibility index (Phi) is 6.77. The number of nitrogens with zero attached hydrogens (tertiary/aromatic N) is 2. The van der Waals surface area contributed by atoms with Gasteiger partial charge in [-0.25, -0.2) is 0 Å². The second kappa shape index (κ2) is 9.88. The van der Waals surface area contributed by atoms with Crippen molar-refractivity contribution in [2.75, 3.05) is 26.8 Å². The summed E-state index contributed by atoms with van der Waals surface area (Å²) in [6.45, 7) is 2.01. The quantitative estimate of drug-likeness (QED) is 0.569. The number of H-pyrrole nitrogens is 1. The molecule has 1 N–H and O–H groups in total. The monoisotopic (exact) mass is 439 g/mol. The summed E-state index contributed by atoms with van der Waals surface area (Å²) in [7, 11) is 1.64. The molecular weight excluding hydrogens is 414 g/mol. The van der Waals surface area contributed by atoms with Crippen molar-refractivity contribution in [1.29, 1.82) is 0 Å². The second-order valence-electron chi connectivity index (χ2n) is 7.72. The third kappa shape index (κ3) is 5.58. The zero-order valence-electron chi connectivity index (χ0n) is 17.5. The zero-order chi connectivity index (χ0) is 21.6. The van der Waals surface area contributed by atoms with Crippen molar-refractivity contribution in [2.45, 2.75) is 25.2 Å². The number of aromatic nitrogens is 2. The van der Waals surface area contributed by atoms with Crippen LogP contribution in [-0.4, -0.2) is 47.8 Å². The molecule has 0 aliphatic carbocycles. The van der Waals surface area contributed by atoms with Crippen LogP contribution < -0.4 is 9.47 Å². The molecule has 1 atom stereocenters. The first-order chi connectivity index (χ1) is 15.1. The highest BCUT2D eigenvalue weighted by atomic mass is 35.5. The summed E-state index contributed by atoms with van der Waals surface area (Å²) in [4.78, 5) is 14.6. The van der Waals surface area contributed by atoms with Gasteiger partial charge in [0.25, 0.3) is 0 Å². The van der Waals surface area contributed by atoms with Gasteiger partial charge in [0.1, 0.15) is 11.5 Å². The molecule has 0 unspecified atom stereocenters. The molecule has 2 heterocycles. The number of carbonyl (C=O) groups excluding carboxylic acids is 1. The minimum atomic E-state index is 0.151. The Morgan fingerprint density at radius 1 is 1.19 bits per heavy atom. The molecule has 6 nitrogen and oxygen atoms in total. The van der Waals surface area contributed by atoms with E-state index in [0.717, 1.165) is 47.8 Å². The second-order valence-corrected chi connectivity index (χ2v) is 8.16. The summed E-state index contributed by atoms with van der Waals surface area (Å²) in [5.74, 6) is 1.97. The van der Waals surface area contributed by atoms with Crippen molar-refractivity contribution in [2.24, 2.45) is 0 Å². The van der Waals surface area contributed by atoms with Crippen LogP contribution in [0.3, 0.4) is 0 Å². The number of benzene rings is 2. The van der Waals surface area contributed by atoms with E-state index in [1.54, 1.807) is 13.2 Å². The summed E-state index contributed by atoms with van der Waals surface area (Å²) < 4.78 is 10.9. The molecule has 1 saturated heterocycles. The molecular formula is C24H26ClN3O3. The molecule has 3 aromatic rings. The molecule has 0 saturated carbocycles. The van der Waals surface area contributed by atoms with Gasteiger partial charge < -0.3 is 14.4 Å². The van der Waals surface area contributed by atoms with Crippen molar-refractivity contribution in [1.82, 2.24) is 15.1 Å². The summed E-state index contributed by atoms with van der Waals surface area (Å²) in [5.41, 5.74) is 3.04. The molecule has 31 heavy (non-hydrogen) atoms. The molecule has 162 valence electrons. The number of aromatic amines is 1. The Labute approximate surface area is 187 Å². The van der Waals surface area contributed by atoms with E-state index in [0.29, 0.717) is 24.6 Å². The number of nitrogens with one attached hydrogen (secondary N) is 1. The van der Waals surface area contributed by atoms with E-state index in [1.807, 2.05) is 47.4 Å². The van der Waals surface area contributed by atoms with E-state index in [-0.39, 0.29) is 11.8 Å². The van der Waals surface area contributed by atoms with Gasteiger partial charge in [0.2, 0.25) is 5.91 Å². The van der Waals surface area contributed by atoms with Gasteiger partial charge in [0, 0.05) is 36.1 Å². The van der Waals surface area contributed by atoms with E-state index in [9.17, 15) is 4.79 Å². The van der Waals surface area contributed by atoms with Gasteiger partial charge in [-0.05, 0) is 48.4 Å². The highest BCUT2D eigenvalue weighted by Crippen LogP contribution is 2.27. The Morgan fingerprint density at radius 3 is 2.81 bits per heavy atom. The average molecular weight is 440 g/mol. The number of hydrogen-bond donors (Lipinski definition) is 1. The highest BCUT2D eigenvalue weighted by Gasteiger charge is 2.28. The van der Waals surface area contributed by atoms with E-state index in [2.05, 4.69) is 16.3 Å². The Hall–Kier alpha value is -2.99. The minimum absolute atomic E-state index is 0.151. The number of hydrogen-bond acceptors (Lipinski definition) is 4. The molecule has 1 aliphatic rings. The molecule has 1 aliphatic heterocycles. The van der Waals surface area contributed by atoms with Crippen molar-refractivity contribution in [3.8, 4) is 11.5 Å². The maximum atomic E-state index is 12.7. The summed E-state index contributed by atoms with van der Waals surface area (Å²) in [5, 5.41) is 8.25. The van der Waals surface area contributed by atoms with E-state index < -0.39 is 0 Å². The van der Waals surface area contributed by atoms with Gasteiger partial charge in [-0.1, -0.05) is 29.8 Å². The first-order valence-electron chi connectivity index (χ1n) is 10.4. The molecule has 2 aromatic carbocycles. The number of halogens is 1. The van der Waals surface area contributed by atoms with Gasteiger partial charge in [-0.2, -0.15) is 5.10 Å². The summed E-state index contributed by atoms with van der Waals surface area (Å²) in [6, 6.07) is 17.1. The normalized spacial score (nSPS) is 15.8. The maximum absolute atomic E-state index is 12.7. The fourth-order valence-electron chi connectivity index (χ4n) is 3.81. The highest BCUT2D eigenvalue weighted by molar-refractivity contribution is 6.30. The lowest BCUT2D eigenvalue weighted by Crippen LogP contribution is -2.29. The first-order valence-corrected chi connectivity index (χ1v) is 10.8. The van der Waals surface area contributed by atoms with Crippen molar-refractivity contribution < 1.29 is 14.3 Å². The molecule has 1 amide bonds. The number of amides is 1. The fraction of sp³-hybridized carbons (Fsp3) is 0.333. The molecule has 0 spiro atoms. The summed E-state index contributed by atoms with van der Waals surface area (Å²) in [6.07, 6.45) is 2.06. The standard InChI is InChI=1S/C24H26ClN3O3/c1-30-21-7-5-17(6-8-21)13-24(29)28-11-9-18(16-28)23-15-20(26-27-23)10-12-31-22-4-2-3-19(25)14-22/h2-8,14-15,18H,9-13,16H2,1H3,(H,26,27)/t18-/m0/s1. The third-order valence-corrected chi connectivity index (χ3v) is 5.80. The van der Waals surface area contributed by atoms with E-state index >= 15 is 0 Å². The average Bonchev–Trinajstić information content (AvgIpc) is 3.44. The Balaban J connectivity index is 1.26. The van der Waals surface area contributed by atoms with Gasteiger partial charge in [-0.15, -0.1) is 0 Å². The number of methoxy groups -OCH3 is 1. The molecule has 1 fully saturated rings. The van der Waals surface area contributed by atoms with Crippen LogP contribution in [0.2, 0.25) is 5.02 Å². The van der Waals surface area contributed by atoms with Crippen LogP contribution >= 0.6 is 11.6 Å². The maximum Gasteiger partial charge on any atom is 0.227 e. The summed E-state index contributed by atoms with van der Waals surface area (Å²) >= 11 is 5.98. The van der Waals surface area contributed by atoms with Gasteiger partial charge in [-0.3, -0.25) is 9.89 Å². The first kappa shape index (κ1) is 21.2. The number of likely N-dealkylation sites (tertiary alicyclic amines) is 1. The SMILES string of the molecule is COc1ccc(CC(=O)N2CC[C@H](c3cc(CCOc4cccc(Cl)c4)[nH]n3)C2)cc1. The Bertz CT molecular complexity index is 1020. The smallest absolute Gasteiger partial charge is 0.227 e. The number of rotatable bonds is 8. The topological polar surface area (TPSA) is 67.4 Å². The van der Waals surface area contributed by atoms with Gasteiger partial charge >= 0.3 is 0 Å². The number of ether oxygens (including phenoxy) is 2. The minimum Gasteiger partial charge on any atom is -0.497 e. The third-order valence-electron chi connectivity index (χ3n) is 5.56. The predicted molar refractivity (Wildman–Crippen MR) is 120 cm³/mol. The fourth-order valence-corrected chi connectivity index (χ4v) is 3.99. The van der Waals surface area contributed by atoms with Crippen LogP contribution in [0, 0.1) is 0 Å². The molecule has 0 radical (unpaired) electrons. The zero-order valence-corrected chi connectivity index (χ0v) is 18.3. The molecule has 4 rings (SSSR count). The largest absolute Gasteiger partial charge is 0.497 e. The van der Waals surface area contributed by atoms with Gasteiger partial charge in [0.15, 0.2) is 0 Å². The van der Waals surface area contributed by atoms with Gasteiger partial charge in [0.05, 0.1) is 25.8 Å². The van der Waals surface area contributed by atoms with Crippen LogP contribution in [0.4, 0.5) is 0 Å². The predicted octanol–water partition coefficient (Wildman–Crippen LogP) is 4.25. The lowest BCUT2D eigenvalue weighted by Gasteiger charge is -2.16. The van der Waals surface area contributed by atoms with Crippen LogP contribution in [0.15, 0.2) is 54.6 Å². The lowest BCUT2D eigenvalue weighted by molar-refractivity contribution is -0.129. The van der Waals surface area contributed by atoms with Crippen LogP contribution in [0.5, 0.6) is 11.5 Å².